The predicted molar refractivity (Wildman–Crippen MR) is 66.4 cm³/mol. The van der Waals surface area contributed by atoms with Gasteiger partial charge in [0.2, 0.25) is 0 Å². The molecule has 1 saturated heterocycles. The van der Waals surface area contributed by atoms with Crippen LogP contribution in [0.3, 0.4) is 0 Å². The highest BCUT2D eigenvalue weighted by Crippen LogP contribution is 2.18. The van der Waals surface area contributed by atoms with Gasteiger partial charge in [0.25, 0.3) is 0 Å². The summed E-state index contributed by atoms with van der Waals surface area (Å²) in [6, 6.07) is 6.81. The number of nitrogens with zero attached hydrogens (tertiary/aromatic N) is 2. The Kier molecular flexibility index (Phi) is 4.29. The molecule has 0 N–H and O–H groups in total. The smallest absolute Gasteiger partial charge is 0.123 e. The summed E-state index contributed by atoms with van der Waals surface area (Å²) in [6.45, 7) is 4.98. The highest BCUT2D eigenvalue weighted by molar-refractivity contribution is 5.37. The number of benzene rings is 1. The SMILES string of the molecule is CCC1COCCN1Cc1cc(F)ccc1C#N. The normalized spacial score (nSPS) is 20.6. The molecule has 18 heavy (non-hydrogen) atoms. The van der Waals surface area contributed by atoms with Gasteiger partial charge in [0.1, 0.15) is 5.82 Å². The van der Waals surface area contributed by atoms with Gasteiger partial charge >= 0.3 is 0 Å². The minimum atomic E-state index is -0.287. The van der Waals surface area contributed by atoms with Gasteiger partial charge < -0.3 is 4.74 Å². The third kappa shape index (κ3) is 2.87. The molecule has 0 bridgehead atoms. The number of rotatable bonds is 3. The second kappa shape index (κ2) is 5.94. The molecule has 1 aromatic rings. The van der Waals surface area contributed by atoms with Gasteiger partial charge in [-0.1, -0.05) is 6.92 Å². The van der Waals surface area contributed by atoms with Crippen molar-refractivity contribution in [3.05, 3.63) is 35.1 Å². The zero-order chi connectivity index (χ0) is 13.0. The van der Waals surface area contributed by atoms with E-state index in [0.717, 1.165) is 18.5 Å². The average Bonchev–Trinajstić information content (AvgIpc) is 2.40. The molecule has 1 unspecified atom stereocenters. The number of halogens is 1. The Hall–Kier alpha value is -1.44. The van der Waals surface area contributed by atoms with E-state index >= 15 is 0 Å². The molecule has 1 atom stereocenters. The Morgan fingerprint density at radius 3 is 3.11 bits per heavy atom. The molecule has 0 spiro atoms. The maximum absolute atomic E-state index is 13.3. The molecule has 0 aromatic heterocycles. The van der Waals surface area contributed by atoms with E-state index in [1.54, 1.807) is 6.07 Å². The first-order chi connectivity index (χ1) is 8.74. The second-order valence-electron chi connectivity index (χ2n) is 4.52. The third-order valence-electron chi connectivity index (χ3n) is 3.38. The average molecular weight is 248 g/mol. The van der Waals surface area contributed by atoms with E-state index in [0.29, 0.717) is 31.4 Å². The van der Waals surface area contributed by atoms with Gasteiger partial charge in [-0.2, -0.15) is 5.26 Å². The zero-order valence-electron chi connectivity index (χ0n) is 10.5. The van der Waals surface area contributed by atoms with Gasteiger partial charge in [-0.25, -0.2) is 4.39 Å². The van der Waals surface area contributed by atoms with Crippen LogP contribution in [0.1, 0.15) is 24.5 Å². The number of ether oxygens (including phenoxy) is 1. The Balaban J connectivity index is 2.17. The van der Waals surface area contributed by atoms with E-state index in [4.69, 9.17) is 10.00 Å². The van der Waals surface area contributed by atoms with E-state index in [2.05, 4.69) is 17.9 Å². The molecule has 2 rings (SSSR count). The minimum Gasteiger partial charge on any atom is -0.378 e. The Morgan fingerprint density at radius 2 is 2.39 bits per heavy atom. The monoisotopic (exact) mass is 248 g/mol. The summed E-state index contributed by atoms with van der Waals surface area (Å²) in [5.41, 5.74) is 1.32. The quantitative estimate of drug-likeness (QED) is 0.823. The van der Waals surface area contributed by atoms with Crippen LogP contribution < -0.4 is 0 Å². The minimum absolute atomic E-state index is 0.287. The Morgan fingerprint density at radius 1 is 1.56 bits per heavy atom. The summed E-state index contributed by atoms with van der Waals surface area (Å²) >= 11 is 0. The van der Waals surface area contributed by atoms with E-state index in [9.17, 15) is 4.39 Å². The van der Waals surface area contributed by atoms with Crippen molar-refractivity contribution in [1.82, 2.24) is 4.90 Å². The highest BCUT2D eigenvalue weighted by atomic mass is 19.1. The predicted octanol–water partition coefficient (Wildman–Crippen LogP) is 2.31. The standard InChI is InChI=1S/C14H17FN2O/c1-2-14-10-18-6-5-17(14)9-12-7-13(15)4-3-11(12)8-16/h3-4,7,14H,2,5-6,9-10H2,1H3. The zero-order valence-corrected chi connectivity index (χ0v) is 10.5. The van der Waals surface area contributed by atoms with Crippen LogP contribution in [-0.4, -0.2) is 30.7 Å². The lowest BCUT2D eigenvalue weighted by Crippen LogP contribution is -2.44. The van der Waals surface area contributed by atoms with Crippen molar-refractivity contribution in [3.8, 4) is 6.07 Å². The van der Waals surface area contributed by atoms with Crippen LogP contribution in [0.15, 0.2) is 18.2 Å². The maximum Gasteiger partial charge on any atom is 0.123 e. The van der Waals surface area contributed by atoms with Gasteiger partial charge in [-0.15, -0.1) is 0 Å². The van der Waals surface area contributed by atoms with E-state index < -0.39 is 0 Å². The first kappa shape index (κ1) is 13.0. The molecule has 1 fully saturated rings. The van der Waals surface area contributed by atoms with Gasteiger partial charge in [-0.05, 0) is 30.2 Å². The molecule has 1 aliphatic rings. The summed E-state index contributed by atoms with van der Waals surface area (Å²) in [4.78, 5) is 2.26. The molecular weight excluding hydrogens is 231 g/mol. The lowest BCUT2D eigenvalue weighted by atomic mass is 10.1. The van der Waals surface area contributed by atoms with Crippen molar-refractivity contribution >= 4 is 0 Å². The third-order valence-corrected chi connectivity index (χ3v) is 3.38. The molecule has 0 amide bonds. The summed E-state index contributed by atoms with van der Waals surface area (Å²) in [5.74, 6) is -0.287. The molecule has 0 saturated carbocycles. The molecule has 0 aliphatic carbocycles. The van der Waals surface area contributed by atoms with Gasteiger partial charge in [-0.3, -0.25) is 4.90 Å². The van der Waals surface area contributed by atoms with E-state index in [1.807, 2.05) is 0 Å². The molecule has 96 valence electrons. The topological polar surface area (TPSA) is 36.3 Å². The summed E-state index contributed by atoms with van der Waals surface area (Å²) < 4.78 is 18.7. The highest BCUT2D eigenvalue weighted by Gasteiger charge is 2.22. The number of hydrogen-bond donors (Lipinski definition) is 0. The number of hydrogen-bond acceptors (Lipinski definition) is 3. The molecule has 1 heterocycles. The first-order valence-electron chi connectivity index (χ1n) is 6.25. The van der Waals surface area contributed by atoms with E-state index in [1.165, 1.54) is 12.1 Å². The van der Waals surface area contributed by atoms with Gasteiger partial charge in [0, 0.05) is 19.1 Å². The van der Waals surface area contributed by atoms with Crippen molar-refractivity contribution in [2.45, 2.75) is 25.9 Å². The van der Waals surface area contributed by atoms with Crippen molar-refractivity contribution in [3.63, 3.8) is 0 Å². The number of morpholine rings is 1. The molecule has 3 nitrogen and oxygen atoms in total. The van der Waals surface area contributed by atoms with Crippen LogP contribution in [0.25, 0.3) is 0 Å². The van der Waals surface area contributed by atoms with Crippen LogP contribution in [0.5, 0.6) is 0 Å². The fraction of sp³-hybridized carbons (Fsp3) is 0.500. The van der Waals surface area contributed by atoms with Gasteiger partial charge in [0.05, 0.1) is 24.8 Å². The van der Waals surface area contributed by atoms with Crippen molar-refractivity contribution in [2.24, 2.45) is 0 Å². The first-order valence-corrected chi connectivity index (χ1v) is 6.25. The molecule has 1 aliphatic heterocycles. The van der Waals surface area contributed by atoms with Crippen LogP contribution in [0.2, 0.25) is 0 Å². The molecule has 4 heteroatoms. The summed E-state index contributed by atoms with van der Waals surface area (Å²) in [6.07, 6.45) is 0.997. The molecule has 1 aromatic carbocycles. The number of nitriles is 1. The van der Waals surface area contributed by atoms with Gasteiger partial charge in [0.15, 0.2) is 0 Å². The van der Waals surface area contributed by atoms with Crippen LogP contribution in [-0.2, 0) is 11.3 Å². The Bertz CT molecular complexity index is 456. The van der Waals surface area contributed by atoms with Crippen LogP contribution in [0.4, 0.5) is 4.39 Å². The van der Waals surface area contributed by atoms with Crippen molar-refractivity contribution < 1.29 is 9.13 Å². The molecular formula is C14H17FN2O. The molecule has 0 radical (unpaired) electrons. The van der Waals surface area contributed by atoms with Crippen LogP contribution >= 0.6 is 0 Å². The second-order valence-corrected chi connectivity index (χ2v) is 4.52. The summed E-state index contributed by atoms with van der Waals surface area (Å²) in [7, 11) is 0. The lowest BCUT2D eigenvalue weighted by molar-refractivity contribution is -0.0127. The largest absolute Gasteiger partial charge is 0.378 e. The maximum atomic E-state index is 13.3. The van der Waals surface area contributed by atoms with E-state index in [-0.39, 0.29) is 5.82 Å². The van der Waals surface area contributed by atoms with Crippen LogP contribution in [0, 0.1) is 17.1 Å². The van der Waals surface area contributed by atoms with Crippen molar-refractivity contribution in [2.75, 3.05) is 19.8 Å². The Labute approximate surface area is 107 Å². The van der Waals surface area contributed by atoms with Crippen molar-refractivity contribution in [1.29, 1.82) is 5.26 Å². The fourth-order valence-corrected chi connectivity index (χ4v) is 2.29. The lowest BCUT2D eigenvalue weighted by Gasteiger charge is -2.35. The fourth-order valence-electron chi connectivity index (χ4n) is 2.29. The summed E-state index contributed by atoms with van der Waals surface area (Å²) in [5, 5.41) is 9.05.